The number of unbranched alkanes of at least 4 members (excludes halogenated alkanes) is 13. The number of carboxylic acid groups (broad SMARTS) is 1. The molecule has 2 atom stereocenters. The third kappa shape index (κ3) is 32.9. The second-order valence-corrected chi connectivity index (χ2v) is 14.5. The fraction of sp³-hybridized carbons (Fsp3) is 0.705. The summed E-state index contributed by atoms with van der Waals surface area (Å²) in [6, 6.07) is -0.740. The molecule has 0 radical (unpaired) electrons. The molecule has 0 saturated heterocycles. The van der Waals surface area contributed by atoms with Gasteiger partial charge in [0.2, 0.25) is 0 Å². The average molecular weight is 730 g/mol. The average Bonchev–Trinajstić information content (AvgIpc) is 3.09. The van der Waals surface area contributed by atoms with Crippen LogP contribution in [0.4, 0.5) is 0 Å². The zero-order chi connectivity index (χ0) is 38.5. The summed E-state index contributed by atoms with van der Waals surface area (Å²) >= 11 is 0. The minimum absolute atomic E-state index is 0.00155. The van der Waals surface area contributed by atoms with E-state index >= 15 is 0 Å². The molecule has 2 unspecified atom stereocenters. The van der Waals surface area contributed by atoms with Crippen LogP contribution in [0.2, 0.25) is 0 Å². The highest BCUT2D eigenvalue weighted by molar-refractivity contribution is 5.71. The van der Waals surface area contributed by atoms with Crippen LogP contribution in [0, 0.1) is 0 Å². The Balaban J connectivity index is 4.34. The Morgan fingerprint density at radius 3 is 1.73 bits per heavy atom. The van der Waals surface area contributed by atoms with Crippen LogP contribution in [0.5, 0.6) is 0 Å². The van der Waals surface area contributed by atoms with Crippen molar-refractivity contribution in [3.8, 4) is 0 Å². The highest BCUT2D eigenvalue weighted by Crippen LogP contribution is 2.13. The Labute approximate surface area is 318 Å². The number of esters is 2. The van der Waals surface area contributed by atoms with Gasteiger partial charge in [-0.15, -0.1) is 0 Å². The molecule has 0 heterocycles. The molecule has 8 nitrogen and oxygen atoms in total. The lowest BCUT2D eigenvalue weighted by Gasteiger charge is -2.34. The number of rotatable bonds is 35. The summed E-state index contributed by atoms with van der Waals surface area (Å²) in [5.74, 6) is -1.90. The van der Waals surface area contributed by atoms with Crippen molar-refractivity contribution in [1.82, 2.24) is 0 Å². The van der Waals surface area contributed by atoms with E-state index in [2.05, 4.69) is 56.4 Å². The van der Waals surface area contributed by atoms with Crippen molar-refractivity contribution in [3.05, 3.63) is 60.8 Å². The van der Waals surface area contributed by atoms with E-state index in [0.29, 0.717) is 6.42 Å². The number of aliphatic carboxylic acids is 1. The molecule has 52 heavy (non-hydrogen) atoms. The number of hydrogen-bond acceptors (Lipinski definition) is 7. The van der Waals surface area contributed by atoms with Crippen LogP contribution in [0.15, 0.2) is 60.8 Å². The van der Waals surface area contributed by atoms with E-state index in [1.54, 1.807) is 27.2 Å². The molecule has 0 spiro atoms. The standard InChI is InChI=1S/C44H75NO7/c1-6-8-10-12-14-16-17-18-19-20-21-22-23-24-25-27-28-30-32-34-42(46)51-39-40(38-50-37-36-41(44(48)49)45(3,4)5)52-43(47)35-33-31-29-26-15-13-11-9-7-2/h9,11,14-18,26,31,33,40-41H,6-8,10,12-13,19-25,27-30,32,34-39H2,1-5H3/b11-9+,16-14+,18-17+,26-15+,33-31+. The van der Waals surface area contributed by atoms with E-state index in [1.165, 1.54) is 77.0 Å². The van der Waals surface area contributed by atoms with Gasteiger partial charge in [-0.2, -0.15) is 0 Å². The zero-order valence-electron chi connectivity index (χ0n) is 33.7. The van der Waals surface area contributed by atoms with Gasteiger partial charge in [-0.1, -0.05) is 139 Å². The predicted octanol–water partition coefficient (Wildman–Crippen LogP) is 9.30. The van der Waals surface area contributed by atoms with E-state index in [-0.39, 0.29) is 43.1 Å². The summed E-state index contributed by atoms with van der Waals surface area (Å²) in [6.45, 7) is 4.38. The fourth-order valence-electron chi connectivity index (χ4n) is 5.54. The SMILES string of the molecule is CC/C=C/C/C=C/C/C=C/CC(=O)OC(COCCC(C(=O)[O-])[N+](C)(C)C)COC(=O)CCCCCCCCCCCC/C=C/C=C/CCCCC. The molecule has 0 aliphatic heterocycles. The molecular formula is C44H75NO7. The van der Waals surface area contributed by atoms with Gasteiger partial charge in [-0.3, -0.25) is 9.59 Å². The van der Waals surface area contributed by atoms with Crippen molar-refractivity contribution in [2.75, 3.05) is 41.0 Å². The van der Waals surface area contributed by atoms with E-state index in [9.17, 15) is 19.5 Å². The number of nitrogens with zero attached hydrogens (tertiary/aromatic N) is 1. The summed E-state index contributed by atoms with van der Waals surface area (Å²) in [5.41, 5.74) is 0. The molecule has 0 aliphatic carbocycles. The Kier molecular flexibility index (Phi) is 33.1. The molecule has 0 saturated carbocycles. The van der Waals surface area contributed by atoms with Crippen LogP contribution in [0.3, 0.4) is 0 Å². The van der Waals surface area contributed by atoms with Crippen molar-refractivity contribution < 1.29 is 38.2 Å². The number of carboxylic acids is 1. The molecule has 298 valence electrons. The van der Waals surface area contributed by atoms with Gasteiger partial charge in [0, 0.05) is 12.8 Å². The minimum Gasteiger partial charge on any atom is -0.544 e. The number of allylic oxidation sites excluding steroid dienone is 9. The van der Waals surface area contributed by atoms with Crippen molar-refractivity contribution in [1.29, 1.82) is 0 Å². The summed E-state index contributed by atoms with van der Waals surface area (Å²) < 4.78 is 17.0. The maximum atomic E-state index is 12.5. The molecule has 0 amide bonds. The van der Waals surface area contributed by atoms with Crippen LogP contribution < -0.4 is 5.11 Å². The number of quaternary nitrogens is 1. The summed E-state index contributed by atoms with van der Waals surface area (Å²) in [5, 5.41) is 11.6. The number of carbonyl (C=O) groups is 3. The van der Waals surface area contributed by atoms with Gasteiger partial charge in [0.25, 0.3) is 0 Å². The summed E-state index contributed by atoms with van der Waals surface area (Å²) in [4.78, 5) is 36.6. The first-order chi connectivity index (χ1) is 25.1. The van der Waals surface area contributed by atoms with Gasteiger partial charge in [0.1, 0.15) is 12.6 Å². The Hall–Kier alpha value is -2.97. The Morgan fingerprint density at radius 2 is 1.17 bits per heavy atom. The van der Waals surface area contributed by atoms with Gasteiger partial charge in [-0.25, -0.2) is 0 Å². The van der Waals surface area contributed by atoms with E-state index in [1.807, 2.05) is 12.2 Å². The van der Waals surface area contributed by atoms with Gasteiger partial charge in [-0.05, 0) is 51.4 Å². The summed E-state index contributed by atoms with van der Waals surface area (Å²) in [6.07, 6.45) is 41.5. The highest BCUT2D eigenvalue weighted by atomic mass is 16.6. The maximum absolute atomic E-state index is 12.5. The molecule has 0 fully saturated rings. The Bertz CT molecular complexity index is 1040. The van der Waals surface area contributed by atoms with Crippen molar-refractivity contribution in [2.45, 2.75) is 161 Å². The largest absolute Gasteiger partial charge is 0.544 e. The van der Waals surface area contributed by atoms with Crippen molar-refractivity contribution >= 4 is 17.9 Å². The lowest BCUT2D eigenvalue weighted by molar-refractivity contribution is -0.889. The fourth-order valence-corrected chi connectivity index (χ4v) is 5.54. The van der Waals surface area contributed by atoms with Gasteiger partial charge >= 0.3 is 11.9 Å². The molecule has 0 aliphatic rings. The second kappa shape index (κ2) is 35.1. The smallest absolute Gasteiger partial charge is 0.310 e. The lowest BCUT2D eigenvalue weighted by Crippen LogP contribution is -2.55. The minimum atomic E-state index is -1.14. The molecule has 0 bridgehead atoms. The third-order valence-electron chi connectivity index (χ3n) is 8.70. The second-order valence-electron chi connectivity index (χ2n) is 14.5. The highest BCUT2D eigenvalue weighted by Gasteiger charge is 2.25. The number of ether oxygens (including phenoxy) is 3. The predicted molar refractivity (Wildman–Crippen MR) is 212 cm³/mol. The first-order valence-electron chi connectivity index (χ1n) is 20.3. The maximum Gasteiger partial charge on any atom is 0.310 e. The van der Waals surface area contributed by atoms with E-state index in [0.717, 1.165) is 38.5 Å². The molecular weight excluding hydrogens is 654 g/mol. The molecule has 8 heteroatoms. The molecule has 0 N–H and O–H groups in total. The van der Waals surface area contributed by atoms with E-state index in [4.69, 9.17) is 14.2 Å². The monoisotopic (exact) mass is 730 g/mol. The molecule has 0 aromatic heterocycles. The molecule has 0 rings (SSSR count). The zero-order valence-corrected chi connectivity index (χ0v) is 33.7. The van der Waals surface area contributed by atoms with Crippen LogP contribution in [0.25, 0.3) is 0 Å². The van der Waals surface area contributed by atoms with Crippen LogP contribution in [-0.4, -0.2) is 75.5 Å². The Morgan fingerprint density at radius 1 is 0.635 bits per heavy atom. The normalized spacial score (nSPS) is 13.6. The lowest BCUT2D eigenvalue weighted by atomic mass is 10.1. The van der Waals surface area contributed by atoms with Crippen LogP contribution >= 0.6 is 0 Å². The number of carbonyl (C=O) groups excluding carboxylic acids is 3. The topological polar surface area (TPSA) is 102 Å². The first-order valence-corrected chi connectivity index (χ1v) is 20.3. The molecule has 0 aromatic rings. The van der Waals surface area contributed by atoms with Crippen LogP contribution in [-0.2, 0) is 28.6 Å². The van der Waals surface area contributed by atoms with Crippen molar-refractivity contribution in [3.63, 3.8) is 0 Å². The van der Waals surface area contributed by atoms with Gasteiger partial charge < -0.3 is 28.6 Å². The van der Waals surface area contributed by atoms with Crippen molar-refractivity contribution in [2.24, 2.45) is 0 Å². The third-order valence-corrected chi connectivity index (χ3v) is 8.70. The van der Waals surface area contributed by atoms with Gasteiger partial charge in [0.05, 0.1) is 46.7 Å². The van der Waals surface area contributed by atoms with Gasteiger partial charge in [0.15, 0.2) is 6.10 Å². The molecule has 0 aromatic carbocycles. The summed E-state index contributed by atoms with van der Waals surface area (Å²) in [7, 11) is 5.36. The van der Waals surface area contributed by atoms with E-state index < -0.39 is 24.1 Å². The number of likely N-dealkylation sites (N-methyl/N-ethyl adjacent to an activating group) is 1. The first kappa shape index (κ1) is 49.0. The van der Waals surface area contributed by atoms with Crippen LogP contribution in [0.1, 0.15) is 149 Å². The number of hydrogen-bond donors (Lipinski definition) is 0. The quantitative estimate of drug-likeness (QED) is 0.0211.